The van der Waals surface area contributed by atoms with Crippen LogP contribution in [0.15, 0.2) is 57.9 Å². The van der Waals surface area contributed by atoms with Crippen molar-refractivity contribution in [2.75, 3.05) is 19.3 Å². The number of fused-ring (bicyclic) bond motifs is 1. The van der Waals surface area contributed by atoms with Crippen molar-refractivity contribution in [1.82, 2.24) is 4.90 Å². The van der Waals surface area contributed by atoms with Gasteiger partial charge in [-0.1, -0.05) is 38.1 Å². The van der Waals surface area contributed by atoms with Crippen LogP contribution in [-0.2, 0) is 15.6 Å². The maximum absolute atomic E-state index is 13.1. The van der Waals surface area contributed by atoms with Crippen LogP contribution in [0.1, 0.15) is 38.7 Å². The number of carbonyl (C=O) groups is 1. The summed E-state index contributed by atoms with van der Waals surface area (Å²) < 4.78 is 11.6. The third kappa shape index (κ3) is 5.05. The molecule has 0 spiro atoms. The van der Waals surface area contributed by atoms with Gasteiger partial charge in [-0.25, -0.2) is 4.99 Å². The Kier molecular flexibility index (Phi) is 7.21. The maximum atomic E-state index is 13.1. The largest absolute Gasteiger partial charge is 0.387 e. The summed E-state index contributed by atoms with van der Waals surface area (Å²) in [5, 5.41) is 0. The predicted octanol–water partition coefficient (Wildman–Crippen LogP) is 4.52. The van der Waals surface area contributed by atoms with E-state index in [1.165, 1.54) is 0 Å². The highest BCUT2D eigenvalue weighted by Gasteiger charge is 2.21. The van der Waals surface area contributed by atoms with Crippen LogP contribution < -0.4 is 5.73 Å². The lowest BCUT2D eigenvalue weighted by molar-refractivity contribution is -0.127. The molecule has 0 bridgehead atoms. The molecule has 1 atom stereocenters. The molecule has 158 valence electrons. The molecule has 0 saturated carbocycles. The van der Waals surface area contributed by atoms with Gasteiger partial charge in [-0.2, -0.15) is 0 Å². The highest BCUT2D eigenvalue weighted by molar-refractivity contribution is 7.84. The van der Waals surface area contributed by atoms with E-state index in [1.54, 1.807) is 6.26 Å². The van der Waals surface area contributed by atoms with Gasteiger partial charge in [-0.05, 0) is 48.2 Å². The zero-order chi connectivity index (χ0) is 21.7. The lowest BCUT2D eigenvalue weighted by Gasteiger charge is -2.22. The fourth-order valence-electron chi connectivity index (χ4n) is 3.60. The summed E-state index contributed by atoms with van der Waals surface area (Å²) in [6, 6.07) is 13.7. The number of nitrogens with zero attached hydrogens (tertiary/aromatic N) is 2. The van der Waals surface area contributed by atoms with E-state index in [-0.39, 0.29) is 5.91 Å². The normalized spacial score (nSPS) is 14.2. The third-order valence-electron chi connectivity index (χ3n) is 5.06. The molecule has 2 aromatic rings. The van der Waals surface area contributed by atoms with E-state index < -0.39 is 10.8 Å². The Morgan fingerprint density at radius 3 is 2.30 bits per heavy atom. The van der Waals surface area contributed by atoms with Crippen molar-refractivity contribution in [1.29, 1.82) is 0 Å². The fraction of sp³-hybridized carbons (Fsp3) is 0.333. The number of rotatable bonds is 7. The van der Waals surface area contributed by atoms with Crippen LogP contribution >= 0.6 is 0 Å². The van der Waals surface area contributed by atoms with Gasteiger partial charge in [0.15, 0.2) is 0 Å². The van der Waals surface area contributed by atoms with Crippen LogP contribution in [0.25, 0.3) is 17.2 Å². The van der Waals surface area contributed by atoms with Crippen molar-refractivity contribution in [3.63, 3.8) is 0 Å². The monoisotopic (exact) mass is 423 g/mol. The first kappa shape index (κ1) is 22.0. The molecular weight excluding hydrogens is 394 g/mol. The van der Waals surface area contributed by atoms with Crippen LogP contribution in [0.5, 0.6) is 0 Å². The second kappa shape index (κ2) is 9.85. The molecule has 0 saturated heterocycles. The van der Waals surface area contributed by atoms with Gasteiger partial charge in [0, 0.05) is 52.6 Å². The molecule has 2 aromatic carbocycles. The minimum absolute atomic E-state index is 0.0388. The molecule has 0 fully saturated rings. The number of amides is 1. The second-order valence-electron chi connectivity index (χ2n) is 7.49. The summed E-state index contributed by atoms with van der Waals surface area (Å²) >= 11 is 0. The van der Waals surface area contributed by atoms with Gasteiger partial charge in [0.25, 0.3) is 0 Å². The highest BCUT2D eigenvalue weighted by Crippen LogP contribution is 2.32. The van der Waals surface area contributed by atoms with Crippen LogP contribution in [0.2, 0.25) is 0 Å². The summed E-state index contributed by atoms with van der Waals surface area (Å²) in [7, 11) is -1.00. The Morgan fingerprint density at radius 2 is 1.70 bits per heavy atom. The van der Waals surface area contributed by atoms with Gasteiger partial charge in [-0.3, -0.25) is 9.00 Å². The molecule has 1 aliphatic rings. The molecule has 0 aliphatic carbocycles. The first-order chi connectivity index (χ1) is 14.4. The molecule has 1 heterocycles. The summed E-state index contributed by atoms with van der Waals surface area (Å²) in [5.41, 5.74) is 10.5. The predicted molar refractivity (Wildman–Crippen MR) is 125 cm³/mol. The number of aliphatic imine (C=N–C) groups is 1. The lowest BCUT2D eigenvalue weighted by atomic mass is 10.0. The smallest absolute Gasteiger partial charge is 0.250 e. The minimum Gasteiger partial charge on any atom is -0.387 e. The standard InChI is InChI=1S/C24H29N3O2S/c1-4-12-27(13-5-2)24(28)20-14-19-7-6-18(15-22(19)26-23(25)16-20)17-8-10-21(11-9-17)30(3)29/h6-11,14-15H,4-5,12-13,16H2,1-3H3,(H2,25,26). The molecule has 1 aliphatic heterocycles. The molecule has 1 amide bonds. The Balaban J connectivity index is 1.95. The van der Waals surface area contributed by atoms with Crippen LogP contribution in [0, 0.1) is 0 Å². The van der Waals surface area contributed by atoms with Gasteiger partial charge in [0.2, 0.25) is 5.91 Å². The topological polar surface area (TPSA) is 75.8 Å². The lowest BCUT2D eigenvalue weighted by Crippen LogP contribution is -2.34. The zero-order valence-electron chi connectivity index (χ0n) is 17.9. The fourth-order valence-corrected chi connectivity index (χ4v) is 4.12. The van der Waals surface area contributed by atoms with Gasteiger partial charge in [-0.15, -0.1) is 0 Å². The highest BCUT2D eigenvalue weighted by atomic mass is 32.2. The van der Waals surface area contributed by atoms with E-state index in [4.69, 9.17) is 5.73 Å². The van der Waals surface area contributed by atoms with Crippen LogP contribution in [0.3, 0.4) is 0 Å². The molecule has 1 unspecified atom stereocenters. The van der Waals surface area contributed by atoms with Gasteiger partial charge in [0.1, 0.15) is 5.84 Å². The first-order valence-electron chi connectivity index (χ1n) is 10.3. The summed E-state index contributed by atoms with van der Waals surface area (Å²) in [6.07, 6.45) is 5.79. The number of benzene rings is 2. The Bertz CT molecular complexity index is 1000. The first-order valence-corrected chi connectivity index (χ1v) is 11.9. The van der Waals surface area contributed by atoms with E-state index in [0.717, 1.165) is 53.2 Å². The van der Waals surface area contributed by atoms with Crippen molar-refractivity contribution in [2.24, 2.45) is 10.7 Å². The van der Waals surface area contributed by atoms with Crippen molar-refractivity contribution in [2.45, 2.75) is 38.0 Å². The Labute approximate surface area is 181 Å². The minimum atomic E-state index is -1.00. The van der Waals surface area contributed by atoms with Crippen molar-refractivity contribution < 1.29 is 9.00 Å². The van der Waals surface area contributed by atoms with E-state index in [0.29, 0.717) is 17.8 Å². The molecule has 3 rings (SSSR count). The molecule has 6 heteroatoms. The summed E-state index contributed by atoms with van der Waals surface area (Å²) in [6.45, 7) is 5.64. The molecule has 0 radical (unpaired) electrons. The molecule has 30 heavy (non-hydrogen) atoms. The maximum Gasteiger partial charge on any atom is 0.250 e. The number of carbonyl (C=O) groups excluding carboxylic acids is 1. The SMILES string of the molecule is CCCN(CCC)C(=O)C1=Cc2ccc(-c3ccc(S(C)=O)cc3)cc2N=C(N)C1. The summed E-state index contributed by atoms with van der Waals surface area (Å²) in [5.74, 6) is 0.479. The number of amidine groups is 1. The van der Waals surface area contributed by atoms with Crippen molar-refractivity contribution in [3.05, 3.63) is 53.6 Å². The quantitative estimate of drug-likeness (QED) is 0.712. The number of hydrogen-bond acceptors (Lipinski definition) is 4. The van der Waals surface area contributed by atoms with Crippen LogP contribution in [-0.4, -0.2) is 40.2 Å². The van der Waals surface area contributed by atoms with Gasteiger partial charge < -0.3 is 10.6 Å². The Hall–Kier alpha value is -2.73. The van der Waals surface area contributed by atoms with Gasteiger partial charge in [0.05, 0.1) is 5.69 Å². The number of nitrogens with two attached hydrogens (primary N) is 1. The van der Waals surface area contributed by atoms with E-state index in [1.807, 2.05) is 53.4 Å². The average Bonchev–Trinajstić information content (AvgIpc) is 2.90. The molecule has 0 aromatic heterocycles. The van der Waals surface area contributed by atoms with E-state index in [9.17, 15) is 9.00 Å². The Morgan fingerprint density at radius 1 is 1.07 bits per heavy atom. The van der Waals surface area contributed by atoms with E-state index in [2.05, 4.69) is 18.8 Å². The zero-order valence-corrected chi connectivity index (χ0v) is 18.7. The third-order valence-corrected chi connectivity index (χ3v) is 6.00. The van der Waals surface area contributed by atoms with Gasteiger partial charge >= 0.3 is 0 Å². The average molecular weight is 424 g/mol. The summed E-state index contributed by atoms with van der Waals surface area (Å²) in [4.78, 5) is 20.4. The van der Waals surface area contributed by atoms with Crippen molar-refractivity contribution >= 4 is 34.3 Å². The molecular formula is C24H29N3O2S. The van der Waals surface area contributed by atoms with Crippen LogP contribution in [0.4, 0.5) is 5.69 Å². The molecule has 5 nitrogen and oxygen atoms in total. The second-order valence-corrected chi connectivity index (χ2v) is 8.87. The molecule has 2 N–H and O–H groups in total. The number of hydrogen-bond donors (Lipinski definition) is 1. The van der Waals surface area contributed by atoms with Crippen molar-refractivity contribution in [3.8, 4) is 11.1 Å². The van der Waals surface area contributed by atoms with E-state index >= 15 is 0 Å².